The Labute approximate surface area is 109 Å². The molecule has 1 fully saturated rings. The summed E-state index contributed by atoms with van der Waals surface area (Å²) in [4.78, 5) is 12.1. The van der Waals surface area contributed by atoms with Crippen molar-refractivity contribution in [1.29, 1.82) is 0 Å². The molecule has 0 atom stereocenters. The highest BCUT2D eigenvalue weighted by molar-refractivity contribution is 9.10. The predicted molar refractivity (Wildman–Crippen MR) is 70.9 cm³/mol. The molecule has 1 aliphatic rings. The molecule has 1 aromatic carbocycles. The van der Waals surface area contributed by atoms with Crippen LogP contribution in [0.1, 0.15) is 24.8 Å². The number of amides is 1. The van der Waals surface area contributed by atoms with Crippen molar-refractivity contribution in [2.24, 2.45) is 5.41 Å². The van der Waals surface area contributed by atoms with Gasteiger partial charge in [0.2, 0.25) is 5.91 Å². The first-order valence-electron chi connectivity index (χ1n) is 5.76. The van der Waals surface area contributed by atoms with Crippen LogP contribution in [0.15, 0.2) is 22.7 Å². The summed E-state index contributed by atoms with van der Waals surface area (Å²) in [6.45, 7) is 1.92. The number of carbonyl (C=O) groups is 1. The van der Waals surface area contributed by atoms with Crippen molar-refractivity contribution in [3.05, 3.63) is 28.2 Å². The van der Waals surface area contributed by atoms with Gasteiger partial charge in [-0.2, -0.15) is 0 Å². The van der Waals surface area contributed by atoms with Gasteiger partial charge < -0.3 is 10.4 Å². The summed E-state index contributed by atoms with van der Waals surface area (Å²) in [5.74, 6) is -0.0621. The molecular weight excluding hydrogens is 282 g/mol. The van der Waals surface area contributed by atoms with Gasteiger partial charge in [-0.3, -0.25) is 4.79 Å². The molecule has 0 saturated heterocycles. The molecule has 92 valence electrons. The molecule has 2 rings (SSSR count). The fourth-order valence-electron chi connectivity index (χ4n) is 2.05. The van der Waals surface area contributed by atoms with Crippen molar-refractivity contribution < 1.29 is 9.90 Å². The third kappa shape index (κ3) is 2.38. The third-order valence-electron chi connectivity index (χ3n) is 3.51. The Morgan fingerprint density at radius 3 is 2.71 bits per heavy atom. The number of benzene rings is 1. The smallest absolute Gasteiger partial charge is 0.232 e. The first kappa shape index (κ1) is 12.6. The molecule has 0 aliphatic heterocycles. The zero-order valence-electron chi connectivity index (χ0n) is 9.79. The Morgan fingerprint density at radius 1 is 1.53 bits per heavy atom. The second kappa shape index (κ2) is 4.78. The summed E-state index contributed by atoms with van der Waals surface area (Å²) in [6.07, 6.45) is 2.59. The molecule has 1 aliphatic carbocycles. The van der Waals surface area contributed by atoms with E-state index >= 15 is 0 Å². The van der Waals surface area contributed by atoms with E-state index in [2.05, 4.69) is 21.2 Å². The lowest BCUT2D eigenvalue weighted by Gasteiger charge is -2.38. The minimum Gasteiger partial charge on any atom is -0.395 e. The fourth-order valence-corrected chi connectivity index (χ4v) is 2.29. The van der Waals surface area contributed by atoms with Gasteiger partial charge >= 0.3 is 0 Å². The maximum absolute atomic E-state index is 12.1. The largest absolute Gasteiger partial charge is 0.395 e. The van der Waals surface area contributed by atoms with Crippen molar-refractivity contribution in [2.75, 3.05) is 11.9 Å². The number of aliphatic hydroxyl groups excluding tert-OH is 1. The molecular formula is C13H16BrNO2. The van der Waals surface area contributed by atoms with Crippen LogP contribution in [0.3, 0.4) is 0 Å². The number of hydrogen-bond acceptors (Lipinski definition) is 2. The van der Waals surface area contributed by atoms with Gasteiger partial charge in [-0.15, -0.1) is 0 Å². The highest BCUT2D eigenvalue weighted by atomic mass is 79.9. The van der Waals surface area contributed by atoms with E-state index in [1.54, 1.807) is 0 Å². The molecule has 2 N–H and O–H groups in total. The second-order valence-corrected chi connectivity index (χ2v) is 5.56. The lowest BCUT2D eigenvalue weighted by atomic mass is 9.68. The monoisotopic (exact) mass is 297 g/mol. The number of nitrogens with one attached hydrogen (secondary N) is 1. The van der Waals surface area contributed by atoms with Crippen LogP contribution in [0, 0.1) is 12.3 Å². The van der Waals surface area contributed by atoms with Crippen LogP contribution in [0.2, 0.25) is 0 Å². The number of carbonyl (C=O) groups excluding carboxylic acids is 1. The van der Waals surface area contributed by atoms with Crippen LogP contribution < -0.4 is 5.32 Å². The number of aliphatic hydroxyl groups is 1. The number of rotatable bonds is 3. The minimum atomic E-state index is -0.541. The zero-order chi connectivity index (χ0) is 12.5. The third-order valence-corrected chi connectivity index (χ3v) is 4.40. The average Bonchev–Trinajstić information content (AvgIpc) is 2.23. The van der Waals surface area contributed by atoms with E-state index in [1.165, 1.54) is 0 Å². The van der Waals surface area contributed by atoms with E-state index in [1.807, 2.05) is 25.1 Å². The van der Waals surface area contributed by atoms with Gasteiger partial charge in [0, 0.05) is 10.2 Å². The van der Waals surface area contributed by atoms with Crippen LogP contribution >= 0.6 is 15.9 Å². The van der Waals surface area contributed by atoms with Crippen molar-refractivity contribution in [1.82, 2.24) is 0 Å². The Hall–Kier alpha value is -0.870. The number of hydrogen-bond donors (Lipinski definition) is 2. The second-order valence-electron chi connectivity index (χ2n) is 4.71. The molecule has 0 spiro atoms. The molecule has 17 heavy (non-hydrogen) atoms. The number of halogens is 1. The van der Waals surface area contributed by atoms with Crippen LogP contribution in [0.5, 0.6) is 0 Å². The van der Waals surface area contributed by atoms with Gasteiger partial charge in [-0.25, -0.2) is 0 Å². The van der Waals surface area contributed by atoms with E-state index in [4.69, 9.17) is 0 Å². The lowest BCUT2D eigenvalue weighted by molar-refractivity contribution is -0.133. The topological polar surface area (TPSA) is 49.3 Å². The van der Waals surface area contributed by atoms with Gasteiger partial charge in [-0.1, -0.05) is 22.4 Å². The first-order valence-corrected chi connectivity index (χ1v) is 6.55. The van der Waals surface area contributed by atoms with Crippen molar-refractivity contribution in [2.45, 2.75) is 26.2 Å². The minimum absolute atomic E-state index is 0.0612. The molecule has 0 unspecified atom stereocenters. The number of anilines is 1. The first-order chi connectivity index (χ1) is 8.07. The Kier molecular flexibility index (Phi) is 3.54. The van der Waals surface area contributed by atoms with Crippen LogP contribution in [0.25, 0.3) is 0 Å². The van der Waals surface area contributed by atoms with Crippen LogP contribution in [0.4, 0.5) is 5.69 Å². The SMILES string of the molecule is Cc1cc(NC(=O)C2(CO)CCC2)ccc1Br. The predicted octanol–water partition coefficient (Wildman–Crippen LogP) is 2.86. The van der Waals surface area contributed by atoms with Crippen LogP contribution in [-0.4, -0.2) is 17.6 Å². The van der Waals surface area contributed by atoms with Gasteiger partial charge in [0.1, 0.15) is 0 Å². The summed E-state index contributed by atoms with van der Waals surface area (Å²) in [7, 11) is 0. The molecule has 0 aromatic heterocycles. The average molecular weight is 298 g/mol. The molecule has 4 heteroatoms. The van der Waals surface area contributed by atoms with Crippen molar-refractivity contribution in [3.8, 4) is 0 Å². The summed E-state index contributed by atoms with van der Waals surface area (Å²) in [5, 5.41) is 12.2. The zero-order valence-corrected chi connectivity index (χ0v) is 11.4. The summed E-state index contributed by atoms with van der Waals surface area (Å²) in [6, 6.07) is 5.70. The summed E-state index contributed by atoms with van der Waals surface area (Å²) in [5.41, 5.74) is 1.32. The maximum atomic E-state index is 12.1. The normalized spacial score (nSPS) is 17.4. The van der Waals surface area contributed by atoms with Gasteiger partial charge in [0.25, 0.3) is 0 Å². The standard InChI is InChI=1S/C13H16BrNO2/c1-9-7-10(3-4-11(9)14)15-12(17)13(8-16)5-2-6-13/h3-4,7,16H,2,5-6,8H2,1H3,(H,15,17). The van der Waals surface area contributed by atoms with E-state index in [-0.39, 0.29) is 12.5 Å². The molecule has 1 aromatic rings. The molecule has 0 radical (unpaired) electrons. The maximum Gasteiger partial charge on any atom is 0.232 e. The van der Waals surface area contributed by atoms with Gasteiger partial charge in [-0.05, 0) is 43.5 Å². The molecule has 3 nitrogen and oxygen atoms in total. The van der Waals surface area contributed by atoms with Gasteiger partial charge in [0.15, 0.2) is 0 Å². The highest BCUT2D eigenvalue weighted by Gasteiger charge is 2.43. The Bertz CT molecular complexity index is 436. The summed E-state index contributed by atoms with van der Waals surface area (Å²) >= 11 is 3.42. The Morgan fingerprint density at radius 2 is 2.24 bits per heavy atom. The highest BCUT2D eigenvalue weighted by Crippen LogP contribution is 2.41. The summed E-state index contributed by atoms with van der Waals surface area (Å²) < 4.78 is 1.02. The quantitative estimate of drug-likeness (QED) is 0.901. The van der Waals surface area contributed by atoms with Crippen molar-refractivity contribution in [3.63, 3.8) is 0 Å². The molecule has 1 amide bonds. The fraction of sp³-hybridized carbons (Fsp3) is 0.462. The van der Waals surface area contributed by atoms with Crippen molar-refractivity contribution >= 4 is 27.5 Å². The Balaban J connectivity index is 2.10. The molecule has 0 heterocycles. The van der Waals surface area contributed by atoms with E-state index in [0.717, 1.165) is 35.0 Å². The van der Waals surface area contributed by atoms with E-state index in [0.29, 0.717) is 0 Å². The van der Waals surface area contributed by atoms with E-state index in [9.17, 15) is 9.90 Å². The lowest BCUT2D eigenvalue weighted by Crippen LogP contribution is -2.44. The molecule has 0 bridgehead atoms. The van der Waals surface area contributed by atoms with Gasteiger partial charge in [0.05, 0.1) is 12.0 Å². The number of aryl methyl sites for hydroxylation is 1. The molecule has 1 saturated carbocycles. The van der Waals surface area contributed by atoms with Crippen LogP contribution in [-0.2, 0) is 4.79 Å². The van der Waals surface area contributed by atoms with E-state index < -0.39 is 5.41 Å².